The quantitative estimate of drug-likeness (QED) is 0.918. The van der Waals surface area contributed by atoms with Crippen molar-refractivity contribution in [3.8, 4) is 0 Å². The molecular formula is C12H12BrN3. The fourth-order valence-corrected chi connectivity index (χ4v) is 2.03. The summed E-state index contributed by atoms with van der Waals surface area (Å²) in [6.07, 6.45) is 5.33. The Morgan fingerprint density at radius 2 is 2.19 bits per heavy atom. The van der Waals surface area contributed by atoms with Crippen molar-refractivity contribution in [3.05, 3.63) is 58.1 Å². The third-order valence-electron chi connectivity index (χ3n) is 2.34. The minimum atomic E-state index is -0.247. The molecule has 0 saturated carbocycles. The third-order valence-corrected chi connectivity index (χ3v) is 3.01. The Labute approximate surface area is 103 Å². The van der Waals surface area contributed by atoms with E-state index in [0.29, 0.717) is 0 Å². The first-order valence-corrected chi connectivity index (χ1v) is 5.75. The van der Waals surface area contributed by atoms with Gasteiger partial charge in [0.1, 0.15) is 0 Å². The Balaban J connectivity index is 2.39. The van der Waals surface area contributed by atoms with Crippen LogP contribution in [0.2, 0.25) is 0 Å². The molecule has 0 aliphatic rings. The first-order valence-electron chi connectivity index (χ1n) is 4.96. The predicted molar refractivity (Wildman–Crippen MR) is 66.9 cm³/mol. The Morgan fingerprint density at radius 1 is 1.38 bits per heavy atom. The standard InChI is InChI=1S/C12H12BrN3/c1-8-5-9(7-15-6-8)11(14)12-10(13)3-2-4-16-12/h2-7,11H,14H2,1H3. The third kappa shape index (κ3) is 2.28. The van der Waals surface area contributed by atoms with Crippen molar-refractivity contribution in [2.45, 2.75) is 13.0 Å². The topological polar surface area (TPSA) is 51.8 Å². The summed E-state index contributed by atoms with van der Waals surface area (Å²) in [5.74, 6) is 0. The molecule has 2 heterocycles. The number of hydrogen-bond donors (Lipinski definition) is 1. The van der Waals surface area contributed by atoms with Crippen LogP contribution in [-0.4, -0.2) is 9.97 Å². The van der Waals surface area contributed by atoms with Gasteiger partial charge in [0, 0.05) is 23.1 Å². The van der Waals surface area contributed by atoms with Crippen LogP contribution in [0.1, 0.15) is 22.9 Å². The van der Waals surface area contributed by atoms with Gasteiger partial charge in [0.2, 0.25) is 0 Å². The maximum absolute atomic E-state index is 6.15. The molecule has 0 spiro atoms. The highest BCUT2D eigenvalue weighted by Gasteiger charge is 2.13. The molecule has 0 saturated heterocycles. The van der Waals surface area contributed by atoms with E-state index in [1.54, 1.807) is 12.4 Å². The number of hydrogen-bond acceptors (Lipinski definition) is 3. The van der Waals surface area contributed by atoms with Crippen LogP contribution in [0.15, 0.2) is 41.3 Å². The lowest BCUT2D eigenvalue weighted by atomic mass is 10.1. The molecule has 3 nitrogen and oxygen atoms in total. The van der Waals surface area contributed by atoms with Crippen LogP contribution in [0.4, 0.5) is 0 Å². The van der Waals surface area contributed by atoms with Crippen molar-refractivity contribution in [1.29, 1.82) is 0 Å². The Bertz CT molecular complexity index is 499. The molecule has 0 bridgehead atoms. The normalized spacial score (nSPS) is 12.4. The van der Waals surface area contributed by atoms with Crippen LogP contribution in [0.25, 0.3) is 0 Å². The first-order chi connectivity index (χ1) is 7.68. The Kier molecular flexibility index (Phi) is 3.31. The summed E-state index contributed by atoms with van der Waals surface area (Å²) in [6, 6.07) is 5.59. The van der Waals surface area contributed by atoms with Crippen LogP contribution in [0, 0.1) is 6.92 Å². The van der Waals surface area contributed by atoms with E-state index in [4.69, 9.17) is 5.73 Å². The van der Waals surface area contributed by atoms with Crippen LogP contribution < -0.4 is 5.73 Å². The van der Waals surface area contributed by atoms with Gasteiger partial charge < -0.3 is 5.73 Å². The highest BCUT2D eigenvalue weighted by Crippen LogP contribution is 2.24. The second-order valence-corrected chi connectivity index (χ2v) is 4.50. The van der Waals surface area contributed by atoms with E-state index < -0.39 is 0 Å². The molecule has 1 unspecified atom stereocenters. The van der Waals surface area contributed by atoms with E-state index in [2.05, 4.69) is 25.9 Å². The molecule has 0 aliphatic carbocycles. The lowest BCUT2D eigenvalue weighted by molar-refractivity contribution is 0.814. The number of rotatable bonds is 2. The Hall–Kier alpha value is -1.26. The average Bonchev–Trinajstić information content (AvgIpc) is 2.29. The lowest BCUT2D eigenvalue weighted by Crippen LogP contribution is -2.14. The van der Waals surface area contributed by atoms with Gasteiger partial charge in [0.05, 0.1) is 11.7 Å². The molecular weight excluding hydrogens is 266 g/mol. The molecule has 2 aromatic heterocycles. The maximum atomic E-state index is 6.15. The minimum Gasteiger partial charge on any atom is -0.319 e. The van der Waals surface area contributed by atoms with Crippen LogP contribution in [-0.2, 0) is 0 Å². The molecule has 0 amide bonds. The summed E-state index contributed by atoms with van der Waals surface area (Å²) in [7, 11) is 0. The molecule has 2 rings (SSSR count). The number of nitrogens with zero attached hydrogens (tertiary/aromatic N) is 2. The van der Waals surface area contributed by atoms with Crippen molar-refractivity contribution in [2.75, 3.05) is 0 Å². The molecule has 2 N–H and O–H groups in total. The van der Waals surface area contributed by atoms with E-state index in [0.717, 1.165) is 21.3 Å². The first kappa shape index (κ1) is 11.2. The van der Waals surface area contributed by atoms with Gasteiger partial charge in [-0.25, -0.2) is 0 Å². The monoisotopic (exact) mass is 277 g/mol. The van der Waals surface area contributed by atoms with Crippen LogP contribution in [0.3, 0.4) is 0 Å². The second-order valence-electron chi connectivity index (χ2n) is 3.64. The van der Waals surface area contributed by atoms with E-state index >= 15 is 0 Å². The van der Waals surface area contributed by atoms with Gasteiger partial charge >= 0.3 is 0 Å². The second kappa shape index (κ2) is 4.72. The van der Waals surface area contributed by atoms with Crippen molar-refractivity contribution in [2.24, 2.45) is 5.73 Å². The highest BCUT2D eigenvalue weighted by atomic mass is 79.9. The molecule has 2 aromatic rings. The summed E-state index contributed by atoms with van der Waals surface area (Å²) in [5.41, 5.74) is 9.05. The van der Waals surface area contributed by atoms with Gasteiger partial charge in [-0.05, 0) is 46.1 Å². The van der Waals surface area contributed by atoms with Crippen molar-refractivity contribution in [1.82, 2.24) is 9.97 Å². The Morgan fingerprint density at radius 3 is 2.88 bits per heavy atom. The number of aromatic nitrogens is 2. The summed E-state index contributed by atoms with van der Waals surface area (Å²) in [6.45, 7) is 2.00. The van der Waals surface area contributed by atoms with E-state index in [-0.39, 0.29) is 6.04 Å². The maximum Gasteiger partial charge on any atom is 0.0758 e. The van der Waals surface area contributed by atoms with Gasteiger partial charge in [-0.2, -0.15) is 0 Å². The number of halogens is 1. The SMILES string of the molecule is Cc1cncc(C(N)c2ncccc2Br)c1. The summed E-state index contributed by atoms with van der Waals surface area (Å²) < 4.78 is 0.920. The van der Waals surface area contributed by atoms with Gasteiger partial charge in [-0.15, -0.1) is 0 Å². The zero-order valence-electron chi connectivity index (χ0n) is 8.89. The van der Waals surface area contributed by atoms with Gasteiger partial charge in [0.25, 0.3) is 0 Å². The molecule has 0 aliphatic heterocycles. The zero-order valence-corrected chi connectivity index (χ0v) is 10.5. The smallest absolute Gasteiger partial charge is 0.0758 e. The molecule has 0 fully saturated rings. The minimum absolute atomic E-state index is 0.247. The van der Waals surface area contributed by atoms with Gasteiger partial charge in [-0.3, -0.25) is 9.97 Å². The average molecular weight is 278 g/mol. The molecule has 1 atom stereocenters. The summed E-state index contributed by atoms with van der Waals surface area (Å²) >= 11 is 3.45. The van der Waals surface area contributed by atoms with E-state index in [1.807, 2.05) is 31.3 Å². The molecule has 4 heteroatoms. The molecule has 16 heavy (non-hydrogen) atoms. The highest BCUT2D eigenvalue weighted by molar-refractivity contribution is 9.10. The van der Waals surface area contributed by atoms with Gasteiger partial charge in [-0.1, -0.05) is 6.07 Å². The molecule has 0 radical (unpaired) electrons. The summed E-state index contributed by atoms with van der Waals surface area (Å²) in [4.78, 5) is 8.42. The molecule has 0 aromatic carbocycles. The largest absolute Gasteiger partial charge is 0.319 e. The fourth-order valence-electron chi connectivity index (χ4n) is 1.53. The number of pyridine rings is 2. The number of aryl methyl sites for hydroxylation is 1. The van der Waals surface area contributed by atoms with E-state index in [9.17, 15) is 0 Å². The predicted octanol–water partition coefficient (Wildman–Crippen LogP) is 2.60. The fraction of sp³-hybridized carbons (Fsp3) is 0.167. The van der Waals surface area contributed by atoms with Gasteiger partial charge in [0.15, 0.2) is 0 Å². The lowest BCUT2D eigenvalue weighted by Gasteiger charge is -2.12. The van der Waals surface area contributed by atoms with Crippen LogP contribution >= 0.6 is 15.9 Å². The molecule has 82 valence electrons. The van der Waals surface area contributed by atoms with Crippen molar-refractivity contribution < 1.29 is 0 Å². The van der Waals surface area contributed by atoms with Crippen molar-refractivity contribution in [3.63, 3.8) is 0 Å². The number of nitrogens with two attached hydrogens (primary N) is 1. The van der Waals surface area contributed by atoms with Crippen LogP contribution in [0.5, 0.6) is 0 Å². The van der Waals surface area contributed by atoms with Crippen molar-refractivity contribution >= 4 is 15.9 Å². The summed E-state index contributed by atoms with van der Waals surface area (Å²) in [5, 5.41) is 0. The van der Waals surface area contributed by atoms with E-state index in [1.165, 1.54) is 0 Å². The zero-order chi connectivity index (χ0) is 11.5.